The lowest BCUT2D eigenvalue weighted by molar-refractivity contribution is 0.508. The van der Waals surface area contributed by atoms with Crippen LogP contribution in [0.4, 0.5) is 0 Å². The molecule has 0 atom stereocenters. The standard InChI is InChI=1S/C12H14N2OS/c1-16-10-4-2-9(3-5-10)11-8-14-12(15-11)6-7-13/h2-5,8H,6-7,13H2,1H3. The minimum Gasteiger partial charge on any atom is -0.441 e. The molecule has 2 rings (SSSR count). The Bertz CT molecular complexity index is 450. The van der Waals surface area contributed by atoms with Gasteiger partial charge in [0.1, 0.15) is 0 Å². The van der Waals surface area contributed by atoms with Crippen LogP contribution >= 0.6 is 11.8 Å². The minimum absolute atomic E-state index is 0.561. The molecule has 1 aromatic heterocycles. The van der Waals surface area contributed by atoms with Gasteiger partial charge in [0, 0.05) is 23.4 Å². The Hall–Kier alpha value is -1.26. The van der Waals surface area contributed by atoms with Gasteiger partial charge in [-0.1, -0.05) is 12.1 Å². The Morgan fingerprint density at radius 2 is 2.06 bits per heavy atom. The topological polar surface area (TPSA) is 52.0 Å². The summed E-state index contributed by atoms with van der Waals surface area (Å²) >= 11 is 1.72. The maximum absolute atomic E-state index is 5.59. The number of rotatable bonds is 4. The highest BCUT2D eigenvalue weighted by Gasteiger charge is 2.05. The summed E-state index contributed by atoms with van der Waals surface area (Å²) in [7, 11) is 0. The van der Waals surface area contributed by atoms with E-state index in [4.69, 9.17) is 10.2 Å². The lowest BCUT2D eigenvalue weighted by Crippen LogP contribution is -2.02. The molecule has 0 saturated carbocycles. The zero-order chi connectivity index (χ0) is 11.4. The molecule has 3 nitrogen and oxygen atoms in total. The summed E-state index contributed by atoms with van der Waals surface area (Å²) in [6.45, 7) is 0.561. The van der Waals surface area contributed by atoms with E-state index in [-0.39, 0.29) is 0 Å². The van der Waals surface area contributed by atoms with Gasteiger partial charge in [0.05, 0.1) is 6.20 Å². The molecule has 16 heavy (non-hydrogen) atoms. The third-order valence-corrected chi connectivity index (χ3v) is 3.03. The van der Waals surface area contributed by atoms with Crippen LogP contribution in [-0.2, 0) is 6.42 Å². The van der Waals surface area contributed by atoms with Crippen molar-refractivity contribution in [3.05, 3.63) is 36.4 Å². The van der Waals surface area contributed by atoms with E-state index in [1.165, 1.54) is 4.90 Å². The second-order valence-electron chi connectivity index (χ2n) is 3.39. The van der Waals surface area contributed by atoms with Gasteiger partial charge in [-0.15, -0.1) is 11.8 Å². The van der Waals surface area contributed by atoms with E-state index in [1.807, 2.05) is 12.1 Å². The van der Waals surface area contributed by atoms with Gasteiger partial charge in [-0.25, -0.2) is 4.98 Å². The minimum atomic E-state index is 0.561. The predicted octanol–water partition coefficient (Wildman–Crippen LogP) is 2.56. The smallest absolute Gasteiger partial charge is 0.196 e. The normalized spacial score (nSPS) is 10.6. The molecule has 0 radical (unpaired) electrons. The number of aromatic nitrogens is 1. The third kappa shape index (κ3) is 2.46. The average molecular weight is 234 g/mol. The zero-order valence-corrected chi connectivity index (χ0v) is 9.96. The van der Waals surface area contributed by atoms with Gasteiger partial charge in [0.2, 0.25) is 0 Å². The number of benzene rings is 1. The molecule has 0 aliphatic heterocycles. The Balaban J connectivity index is 2.21. The number of thioether (sulfide) groups is 1. The van der Waals surface area contributed by atoms with Crippen LogP contribution in [0.5, 0.6) is 0 Å². The number of nitrogens with two attached hydrogens (primary N) is 1. The summed E-state index contributed by atoms with van der Waals surface area (Å²) in [5.41, 5.74) is 6.49. The summed E-state index contributed by atoms with van der Waals surface area (Å²) in [6, 6.07) is 8.23. The van der Waals surface area contributed by atoms with E-state index in [0.29, 0.717) is 18.9 Å². The van der Waals surface area contributed by atoms with Gasteiger partial charge in [-0.05, 0) is 18.4 Å². The molecule has 0 bridgehead atoms. The summed E-state index contributed by atoms with van der Waals surface area (Å²) in [4.78, 5) is 5.41. The first-order valence-electron chi connectivity index (χ1n) is 5.12. The predicted molar refractivity (Wildman–Crippen MR) is 66.5 cm³/mol. The van der Waals surface area contributed by atoms with Gasteiger partial charge < -0.3 is 10.2 Å². The first kappa shape index (κ1) is 11.2. The molecule has 1 aromatic carbocycles. The summed E-state index contributed by atoms with van der Waals surface area (Å²) < 4.78 is 5.59. The lowest BCUT2D eigenvalue weighted by atomic mass is 10.2. The van der Waals surface area contributed by atoms with Gasteiger partial charge in [-0.2, -0.15) is 0 Å². The largest absolute Gasteiger partial charge is 0.441 e. The van der Waals surface area contributed by atoms with E-state index in [1.54, 1.807) is 18.0 Å². The monoisotopic (exact) mass is 234 g/mol. The van der Waals surface area contributed by atoms with Crippen molar-refractivity contribution in [1.29, 1.82) is 0 Å². The number of hydrogen-bond acceptors (Lipinski definition) is 4. The summed E-state index contributed by atoms with van der Waals surface area (Å²) in [5.74, 6) is 1.50. The van der Waals surface area contributed by atoms with Crippen LogP contribution < -0.4 is 5.73 Å². The van der Waals surface area contributed by atoms with Crippen molar-refractivity contribution in [2.75, 3.05) is 12.8 Å². The molecule has 0 saturated heterocycles. The van der Waals surface area contributed by atoms with E-state index < -0.39 is 0 Å². The van der Waals surface area contributed by atoms with Crippen molar-refractivity contribution >= 4 is 11.8 Å². The van der Waals surface area contributed by atoms with Crippen molar-refractivity contribution in [3.63, 3.8) is 0 Å². The van der Waals surface area contributed by atoms with Gasteiger partial charge in [-0.3, -0.25) is 0 Å². The fraction of sp³-hybridized carbons (Fsp3) is 0.250. The van der Waals surface area contributed by atoms with Crippen LogP contribution in [0, 0.1) is 0 Å². The SMILES string of the molecule is CSc1ccc(-c2cnc(CCN)o2)cc1. The molecule has 0 unspecified atom stereocenters. The van der Waals surface area contributed by atoms with Crippen LogP contribution in [0.3, 0.4) is 0 Å². The molecule has 1 heterocycles. The second-order valence-corrected chi connectivity index (χ2v) is 4.27. The molecule has 84 valence electrons. The summed E-state index contributed by atoms with van der Waals surface area (Å²) in [5, 5.41) is 0. The highest BCUT2D eigenvalue weighted by Crippen LogP contribution is 2.23. The van der Waals surface area contributed by atoms with Crippen molar-refractivity contribution in [2.45, 2.75) is 11.3 Å². The van der Waals surface area contributed by atoms with Crippen LogP contribution in [0.1, 0.15) is 5.89 Å². The molecular formula is C12H14N2OS. The zero-order valence-electron chi connectivity index (χ0n) is 9.14. The molecule has 2 N–H and O–H groups in total. The van der Waals surface area contributed by atoms with Gasteiger partial charge in [0.25, 0.3) is 0 Å². The third-order valence-electron chi connectivity index (χ3n) is 2.29. The molecule has 0 spiro atoms. The van der Waals surface area contributed by atoms with E-state index in [9.17, 15) is 0 Å². The molecule has 0 aliphatic carbocycles. The molecule has 4 heteroatoms. The second kappa shape index (κ2) is 5.18. The number of hydrogen-bond donors (Lipinski definition) is 1. The number of oxazole rings is 1. The summed E-state index contributed by atoms with van der Waals surface area (Å²) in [6.07, 6.45) is 4.49. The average Bonchev–Trinajstić information content (AvgIpc) is 2.78. The number of nitrogens with zero attached hydrogens (tertiary/aromatic N) is 1. The first-order chi connectivity index (χ1) is 7.83. The first-order valence-corrected chi connectivity index (χ1v) is 6.35. The van der Waals surface area contributed by atoms with Gasteiger partial charge >= 0.3 is 0 Å². The van der Waals surface area contributed by atoms with Crippen LogP contribution in [0.15, 0.2) is 39.8 Å². The Morgan fingerprint density at radius 3 is 2.69 bits per heavy atom. The highest BCUT2D eigenvalue weighted by atomic mass is 32.2. The molecule has 0 amide bonds. The van der Waals surface area contributed by atoms with Gasteiger partial charge in [0.15, 0.2) is 11.7 Å². The van der Waals surface area contributed by atoms with E-state index in [2.05, 4.69) is 23.4 Å². The van der Waals surface area contributed by atoms with Crippen LogP contribution in [0.2, 0.25) is 0 Å². The fourth-order valence-corrected chi connectivity index (χ4v) is 1.85. The van der Waals surface area contributed by atoms with Crippen molar-refractivity contribution in [3.8, 4) is 11.3 Å². The van der Waals surface area contributed by atoms with Crippen molar-refractivity contribution < 1.29 is 4.42 Å². The van der Waals surface area contributed by atoms with E-state index in [0.717, 1.165) is 11.3 Å². The maximum atomic E-state index is 5.59. The Labute approximate surface area is 99.1 Å². The quantitative estimate of drug-likeness (QED) is 0.826. The van der Waals surface area contributed by atoms with Crippen LogP contribution in [-0.4, -0.2) is 17.8 Å². The molecule has 0 fully saturated rings. The maximum Gasteiger partial charge on any atom is 0.196 e. The van der Waals surface area contributed by atoms with Crippen LogP contribution in [0.25, 0.3) is 11.3 Å². The highest BCUT2D eigenvalue weighted by molar-refractivity contribution is 7.98. The Morgan fingerprint density at radius 1 is 1.31 bits per heavy atom. The van der Waals surface area contributed by atoms with E-state index >= 15 is 0 Å². The lowest BCUT2D eigenvalue weighted by Gasteiger charge is -1.98. The van der Waals surface area contributed by atoms with Crippen molar-refractivity contribution in [1.82, 2.24) is 4.98 Å². The van der Waals surface area contributed by atoms with Crippen molar-refractivity contribution in [2.24, 2.45) is 5.73 Å². The molecule has 2 aromatic rings. The molecular weight excluding hydrogens is 220 g/mol. The Kier molecular flexibility index (Phi) is 3.64. The molecule has 0 aliphatic rings. The fourth-order valence-electron chi connectivity index (χ4n) is 1.44.